The third kappa shape index (κ3) is 5.21. The van der Waals surface area contributed by atoms with Crippen LogP contribution in [-0.4, -0.2) is 39.1 Å². The maximum Gasteiger partial charge on any atom is 0.324 e. The first-order valence-electron chi connectivity index (χ1n) is 10.4. The summed E-state index contributed by atoms with van der Waals surface area (Å²) in [6, 6.07) is 0.601. The molecule has 0 atom stereocenters. The molecule has 1 aromatic heterocycles. The molecule has 0 unspecified atom stereocenters. The Labute approximate surface area is 165 Å². The summed E-state index contributed by atoms with van der Waals surface area (Å²) in [7, 11) is 0. The lowest BCUT2D eigenvalue weighted by atomic mass is 9.89. The molecule has 2 saturated carbocycles. The van der Waals surface area contributed by atoms with Crippen LogP contribution >= 0.6 is 11.3 Å². The molecule has 3 rings (SSSR count). The highest BCUT2D eigenvalue weighted by Crippen LogP contribution is 2.31. The van der Waals surface area contributed by atoms with E-state index in [1.165, 1.54) is 49.9 Å². The van der Waals surface area contributed by atoms with Gasteiger partial charge in [0.05, 0.1) is 12.1 Å². The number of carbonyl (C=O) groups is 2. The fourth-order valence-corrected chi connectivity index (χ4v) is 5.41. The highest BCUT2D eigenvalue weighted by molar-refractivity contribution is 7.15. The zero-order valence-corrected chi connectivity index (χ0v) is 17.0. The first-order chi connectivity index (χ1) is 13.1. The van der Waals surface area contributed by atoms with Gasteiger partial charge in [0.1, 0.15) is 0 Å². The van der Waals surface area contributed by atoms with E-state index in [1.807, 2.05) is 6.92 Å². The summed E-state index contributed by atoms with van der Waals surface area (Å²) < 4.78 is 0. The van der Waals surface area contributed by atoms with E-state index in [0.717, 1.165) is 37.0 Å². The Morgan fingerprint density at radius 3 is 2.11 bits per heavy atom. The Hall–Kier alpha value is -1.63. The van der Waals surface area contributed by atoms with Crippen LogP contribution in [0.5, 0.6) is 0 Å². The van der Waals surface area contributed by atoms with Gasteiger partial charge in [-0.1, -0.05) is 45.4 Å². The number of nitrogens with one attached hydrogen (secondary N) is 1. The number of hydrogen-bond acceptors (Lipinski definition) is 4. The van der Waals surface area contributed by atoms with Crippen molar-refractivity contribution in [3.8, 4) is 0 Å². The van der Waals surface area contributed by atoms with Crippen LogP contribution in [0.4, 0.5) is 9.93 Å². The summed E-state index contributed by atoms with van der Waals surface area (Å²) in [5.74, 6) is -0.890. The molecule has 0 aliphatic heterocycles. The summed E-state index contributed by atoms with van der Waals surface area (Å²) >= 11 is 1.41. The van der Waals surface area contributed by atoms with Crippen molar-refractivity contribution in [1.29, 1.82) is 0 Å². The van der Waals surface area contributed by atoms with Crippen molar-refractivity contribution in [2.75, 3.05) is 5.32 Å². The van der Waals surface area contributed by atoms with Crippen LogP contribution in [0.15, 0.2) is 0 Å². The Balaban J connectivity index is 1.75. The average molecular weight is 394 g/mol. The van der Waals surface area contributed by atoms with Crippen molar-refractivity contribution in [3.63, 3.8) is 0 Å². The Kier molecular flexibility index (Phi) is 7.10. The second-order valence-corrected chi connectivity index (χ2v) is 8.82. The van der Waals surface area contributed by atoms with Crippen molar-refractivity contribution in [2.45, 2.75) is 96.1 Å². The van der Waals surface area contributed by atoms with E-state index < -0.39 is 5.97 Å². The summed E-state index contributed by atoms with van der Waals surface area (Å²) in [6.07, 6.45) is 12.3. The number of anilines is 1. The van der Waals surface area contributed by atoms with E-state index in [-0.39, 0.29) is 12.5 Å². The van der Waals surface area contributed by atoms with Gasteiger partial charge in [0.15, 0.2) is 5.13 Å². The summed E-state index contributed by atoms with van der Waals surface area (Å²) in [5, 5.41) is 12.6. The minimum atomic E-state index is -0.890. The molecular weight excluding hydrogens is 362 g/mol. The van der Waals surface area contributed by atoms with Crippen LogP contribution in [0.2, 0.25) is 0 Å². The van der Waals surface area contributed by atoms with E-state index in [1.54, 1.807) is 0 Å². The molecule has 27 heavy (non-hydrogen) atoms. The summed E-state index contributed by atoms with van der Waals surface area (Å²) in [5.41, 5.74) is 0.576. The zero-order valence-electron chi connectivity index (χ0n) is 16.2. The standard InChI is InChI=1S/C20H31N3O3S/c1-2-17-16(13-18(24)25)21-19(27-17)22-20(26)23(14-9-5-3-6-10-14)15-11-7-4-8-12-15/h14-15H,2-13H2,1H3,(H,24,25)(H,21,22,26). The number of nitrogens with zero attached hydrogens (tertiary/aromatic N) is 2. The molecule has 2 aliphatic carbocycles. The molecule has 0 bridgehead atoms. The minimum Gasteiger partial charge on any atom is -0.481 e. The number of aromatic nitrogens is 1. The molecule has 0 radical (unpaired) electrons. The van der Waals surface area contributed by atoms with E-state index in [2.05, 4.69) is 15.2 Å². The molecule has 1 heterocycles. The van der Waals surface area contributed by atoms with Crippen molar-refractivity contribution in [1.82, 2.24) is 9.88 Å². The van der Waals surface area contributed by atoms with Gasteiger partial charge < -0.3 is 10.0 Å². The number of carboxylic acid groups (broad SMARTS) is 1. The Bertz CT molecular complexity index is 631. The highest BCUT2D eigenvalue weighted by Gasteiger charge is 2.33. The average Bonchev–Trinajstić information content (AvgIpc) is 3.04. The molecule has 7 heteroatoms. The van der Waals surface area contributed by atoms with Gasteiger partial charge in [0.25, 0.3) is 0 Å². The number of urea groups is 1. The molecule has 0 spiro atoms. The zero-order chi connectivity index (χ0) is 19.2. The van der Waals surface area contributed by atoms with Gasteiger partial charge in [-0.2, -0.15) is 0 Å². The van der Waals surface area contributed by atoms with Gasteiger partial charge in [-0.15, -0.1) is 11.3 Å². The minimum absolute atomic E-state index is 0.0490. The van der Waals surface area contributed by atoms with Gasteiger partial charge in [0, 0.05) is 17.0 Å². The van der Waals surface area contributed by atoms with Crippen LogP contribution < -0.4 is 5.32 Å². The van der Waals surface area contributed by atoms with E-state index in [9.17, 15) is 9.59 Å². The number of aliphatic carboxylic acids is 1. The lowest BCUT2D eigenvalue weighted by Crippen LogP contribution is -2.50. The largest absolute Gasteiger partial charge is 0.481 e. The van der Waals surface area contributed by atoms with E-state index >= 15 is 0 Å². The topological polar surface area (TPSA) is 82.5 Å². The molecule has 1 aromatic rings. The third-order valence-electron chi connectivity index (χ3n) is 5.80. The number of carbonyl (C=O) groups excluding carboxylic acids is 1. The van der Waals surface area contributed by atoms with E-state index in [4.69, 9.17) is 5.11 Å². The number of rotatable bonds is 6. The Morgan fingerprint density at radius 2 is 1.63 bits per heavy atom. The number of hydrogen-bond donors (Lipinski definition) is 2. The second-order valence-electron chi connectivity index (χ2n) is 7.73. The number of amides is 2. The number of aryl methyl sites for hydroxylation is 1. The molecule has 2 amide bonds. The normalized spacial score (nSPS) is 19.0. The fraction of sp³-hybridized carbons (Fsp3) is 0.750. The summed E-state index contributed by atoms with van der Waals surface area (Å²) in [6.45, 7) is 1.99. The second kappa shape index (κ2) is 9.53. The van der Waals surface area contributed by atoms with Gasteiger partial charge in [-0.05, 0) is 32.1 Å². The number of thiazole rings is 1. The molecule has 2 aliphatic rings. The molecule has 2 N–H and O–H groups in total. The van der Waals surface area contributed by atoms with E-state index in [0.29, 0.717) is 22.9 Å². The molecule has 150 valence electrons. The van der Waals surface area contributed by atoms with Crippen molar-refractivity contribution in [2.24, 2.45) is 0 Å². The third-order valence-corrected chi connectivity index (χ3v) is 6.96. The van der Waals surface area contributed by atoms with Crippen molar-refractivity contribution >= 4 is 28.5 Å². The van der Waals surface area contributed by atoms with Crippen LogP contribution in [0, 0.1) is 0 Å². The lowest BCUT2D eigenvalue weighted by molar-refractivity contribution is -0.136. The van der Waals surface area contributed by atoms with Crippen LogP contribution in [0.3, 0.4) is 0 Å². The Morgan fingerprint density at radius 1 is 1.07 bits per heavy atom. The van der Waals surface area contributed by atoms with Gasteiger partial charge in [-0.25, -0.2) is 9.78 Å². The fourth-order valence-electron chi connectivity index (χ4n) is 4.50. The first-order valence-corrected chi connectivity index (χ1v) is 11.2. The maximum atomic E-state index is 13.2. The number of carboxylic acids is 1. The van der Waals surface area contributed by atoms with Crippen LogP contribution in [-0.2, 0) is 17.6 Å². The summed E-state index contributed by atoms with van der Waals surface area (Å²) in [4.78, 5) is 31.7. The quantitative estimate of drug-likeness (QED) is 0.725. The van der Waals surface area contributed by atoms with Gasteiger partial charge in [-0.3, -0.25) is 10.1 Å². The van der Waals surface area contributed by atoms with Gasteiger partial charge in [0.2, 0.25) is 0 Å². The first kappa shape index (κ1) is 20.1. The smallest absolute Gasteiger partial charge is 0.324 e. The van der Waals surface area contributed by atoms with Crippen molar-refractivity contribution < 1.29 is 14.7 Å². The predicted octanol–water partition coefficient (Wildman–Crippen LogP) is 4.83. The molecule has 2 fully saturated rings. The van der Waals surface area contributed by atoms with Crippen LogP contribution in [0.25, 0.3) is 0 Å². The molecule has 0 aromatic carbocycles. The lowest BCUT2D eigenvalue weighted by Gasteiger charge is -2.41. The van der Waals surface area contributed by atoms with Crippen LogP contribution in [0.1, 0.15) is 81.7 Å². The molecule has 6 nitrogen and oxygen atoms in total. The van der Waals surface area contributed by atoms with Gasteiger partial charge >= 0.3 is 12.0 Å². The molecular formula is C20H31N3O3S. The maximum absolute atomic E-state index is 13.2. The predicted molar refractivity (Wildman–Crippen MR) is 107 cm³/mol. The highest BCUT2D eigenvalue weighted by atomic mass is 32.1. The van der Waals surface area contributed by atoms with Crippen molar-refractivity contribution in [3.05, 3.63) is 10.6 Å². The monoisotopic (exact) mass is 393 g/mol. The SMILES string of the molecule is CCc1sc(NC(=O)N(C2CCCCC2)C2CCCCC2)nc1CC(=O)O. The molecule has 0 saturated heterocycles.